The average Bonchev–Trinajstić information content (AvgIpc) is 3.02. The van der Waals surface area contributed by atoms with Gasteiger partial charge in [-0.3, -0.25) is 13.9 Å². The standard InChI is InChI=1S/C35H38ClN3O4S/c1-26(2)23-37-35(41)33(22-28-13-6-4-7-14-28)38(24-29-15-11-10-12-27(29)3)34(40)25-39(31-16-8-5-9-17-31)44(42,43)32-20-18-30(36)19-21-32/h4-21,26,33H,22-25H2,1-3H3,(H,37,41). The van der Waals surface area contributed by atoms with Crippen LogP contribution in [0.2, 0.25) is 5.02 Å². The largest absolute Gasteiger partial charge is 0.354 e. The number of carbonyl (C=O) groups is 2. The highest BCUT2D eigenvalue weighted by molar-refractivity contribution is 7.92. The minimum absolute atomic E-state index is 0.000445. The lowest BCUT2D eigenvalue weighted by Gasteiger charge is -2.34. The second kappa shape index (κ2) is 15.0. The molecule has 0 radical (unpaired) electrons. The quantitative estimate of drug-likeness (QED) is 0.189. The van der Waals surface area contributed by atoms with Gasteiger partial charge in [0.25, 0.3) is 10.0 Å². The molecule has 0 aliphatic rings. The van der Waals surface area contributed by atoms with Crippen molar-refractivity contribution in [1.82, 2.24) is 10.2 Å². The van der Waals surface area contributed by atoms with Crippen molar-refractivity contribution in [2.24, 2.45) is 5.92 Å². The van der Waals surface area contributed by atoms with Crippen LogP contribution in [0.15, 0.2) is 114 Å². The molecule has 1 unspecified atom stereocenters. The van der Waals surface area contributed by atoms with Gasteiger partial charge in [-0.05, 0) is 65.9 Å². The lowest BCUT2D eigenvalue weighted by atomic mass is 10.0. The van der Waals surface area contributed by atoms with Gasteiger partial charge >= 0.3 is 0 Å². The lowest BCUT2D eigenvalue weighted by Crippen LogP contribution is -2.53. The topological polar surface area (TPSA) is 86.8 Å². The zero-order valence-corrected chi connectivity index (χ0v) is 26.8. The third-order valence-electron chi connectivity index (χ3n) is 7.28. The zero-order chi connectivity index (χ0) is 31.7. The first-order valence-electron chi connectivity index (χ1n) is 14.5. The highest BCUT2D eigenvalue weighted by Crippen LogP contribution is 2.26. The van der Waals surface area contributed by atoms with E-state index in [9.17, 15) is 18.0 Å². The highest BCUT2D eigenvalue weighted by atomic mass is 35.5. The zero-order valence-electron chi connectivity index (χ0n) is 25.2. The van der Waals surface area contributed by atoms with Gasteiger partial charge < -0.3 is 10.2 Å². The Morgan fingerprint density at radius 2 is 1.41 bits per heavy atom. The summed E-state index contributed by atoms with van der Waals surface area (Å²) in [5.74, 6) is -0.596. The molecule has 0 bridgehead atoms. The van der Waals surface area contributed by atoms with Crippen LogP contribution in [0.1, 0.15) is 30.5 Å². The Balaban J connectivity index is 1.79. The van der Waals surface area contributed by atoms with Crippen molar-refractivity contribution in [2.45, 2.75) is 44.7 Å². The van der Waals surface area contributed by atoms with E-state index in [0.29, 0.717) is 17.3 Å². The number of anilines is 1. The highest BCUT2D eigenvalue weighted by Gasteiger charge is 2.34. The molecular formula is C35H38ClN3O4S. The van der Waals surface area contributed by atoms with E-state index in [2.05, 4.69) is 5.32 Å². The van der Waals surface area contributed by atoms with E-state index in [1.807, 2.05) is 75.4 Å². The molecule has 9 heteroatoms. The fourth-order valence-corrected chi connectivity index (χ4v) is 6.34. The first-order valence-corrected chi connectivity index (χ1v) is 16.4. The number of sulfonamides is 1. The van der Waals surface area contributed by atoms with Gasteiger partial charge in [-0.1, -0.05) is 98.2 Å². The molecule has 1 atom stereocenters. The van der Waals surface area contributed by atoms with Gasteiger partial charge in [0.05, 0.1) is 10.6 Å². The Labute approximate surface area is 265 Å². The van der Waals surface area contributed by atoms with E-state index >= 15 is 0 Å². The molecule has 0 fully saturated rings. The normalized spacial score (nSPS) is 12.0. The van der Waals surface area contributed by atoms with Crippen LogP contribution in [-0.4, -0.2) is 44.3 Å². The van der Waals surface area contributed by atoms with Gasteiger partial charge in [0.2, 0.25) is 11.8 Å². The molecule has 7 nitrogen and oxygen atoms in total. The van der Waals surface area contributed by atoms with Crippen LogP contribution in [0.4, 0.5) is 5.69 Å². The third-order valence-corrected chi connectivity index (χ3v) is 9.32. The Morgan fingerprint density at radius 1 is 0.818 bits per heavy atom. The molecular weight excluding hydrogens is 594 g/mol. The molecule has 230 valence electrons. The van der Waals surface area contributed by atoms with Gasteiger partial charge in [0.1, 0.15) is 12.6 Å². The molecule has 4 rings (SSSR count). The van der Waals surface area contributed by atoms with Gasteiger partial charge in [0, 0.05) is 24.5 Å². The van der Waals surface area contributed by atoms with Crippen LogP contribution < -0.4 is 9.62 Å². The second-order valence-corrected chi connectivity index (χ2v) is 13.4. The summed E-state index contributed by atoms with van der Waals surface area (Å²) in [7, 11) is -4.18. The number of carbonyl (C=O) groups excluding carboxylic acids is 2. The second-order valence-electron chi connectivity index (χ2n) is 11.1. The average molecular weight is 632 g/mol. The van der Waals surface area contributed by atoms with E-state index in [1.54, 1.807) is 30.3 Å². The molecule has 0 aliphatic carbocycles. The number of hydrogen-bond donors (Lipinski definition) is 1. The number of nitrogens with zero attached hydrogens (tertiary/aromatic N) is 2. The van der Waals surface area contributed by atoms with Crippen LogP contribution in [0.5, 0.6) is 0 Å². The summed E-state index contributed by atoms with van der Waals surface area (Å²) >= 11 is 6.04. The third kappa shape index (κ3) is 8.49. The smallest absolute Gasteiger partial charge is 0.264 e. The summed E-state index contributed by atoms with van der Waals surface area (Å²) in [6, 6.07) is 30.6. The van der Waals surface area contributed by atoms with Crippen molar-refractivity contribution >= 4 is 39.1 Å². The van der Waals surface area contributed by atoms with Crippen molar-refractivity contribution in [2.75, 3.05) is 17.4 Å². The number of halogens is 1. The Morgan fingerprint density at radius 3 is 2.02 bits per heavy atom. The fourth-order valence-electron chi connectivity index (χ4n) is 4.80. The number of aryl methyl sites for hydroxylation is 1. The summed E-state index contributed by atoms with van der Waals surface area (Å²) in [5.41, 5.74) is 3.03. The van der Waals surface area contributed by atoms with Crippen LogP contribution in [0.3, 0.4) is 0 Å². The molecule has 44 heavy (non-hydrogen) atoms. The summed E-state index contributed by atoms with van der Waals surface area (Å²) in [6.45, 7) is 6.01. The molecule has 4 aromatic carbocycles. The van der Waals surface area contributed by atoms with Crippen molar-refractivity contribution in [1.29, 1.82) is 0 Å². The molecule has 0 aliphatic heterocycles. The number of para-hydroxylation sites is 1. The SMILES string of the molecule is Cc1ccccc1CN(C(=O)CN(c1ccccc1)S(=O)(=O)c1ccc(Cl)cc1)C(Cc1ccccc1)C(=O)NCC(C)C. The minimum Gasteiger partial charge on any atom is -0.354 e. The molecule has 0 aromatic heterocycles. The molecule has 4 aromatic rings. The maximum atomic E-state index is 14.5. The van der Waals surface area contributed by atoms with Gasteiger partial charge in [0.15, 0.2) is 0 Å². The predicted octanol–water partition coefficient (Wildman–Crippen LogP) is 6.26. The van der Waals surface area contributed by atoms with Crippen LogP contribution >= 0.6 is 11.6 Å². The van der Waals surface area contributed by atoms with Crippen molar-refractivity contribution < 1.29 is 18.0 Å². The summed E-state index contributed by atoms with van der Waals surface area (Å²) in [5, 5.41) is 3.40. The van der Waals surface area contributed by atoms with E-state index in [1.165, 1.54) is 29.2 Å². The predicted molar refractivity (Wildman–Crippen MR) is 176 cm³/mol. The van der Waals surface area contributed by atoms with Crippen LogP contribution in [0, 0.1) is 12.8 Å². The number of amides is 2. The van der Waals surface area contributed by atoms with Gasteiger partial charge in [-0.25, -0.2) is 8.42 Å². The van der Waals surface area contributed by atoms with Crippen molar-refractivity contribution in [3.05, 3.63) is 131 Å². The van der Waals surface area contributed by atoms with Gasteiger partial charge in [-0.2, -0.15) is 0 Å². The maximum Gasteiger partial charge on any atom is 0.264 e. The Kier molecular flexibility index (Phi) is 11.2. The number of hydrogen-bond acceptors (Lipinski definition) is 4. The molecule has 0 spiro atoms. The van der Waals surface area contributed by atoms with Crippen molar-refractivity contribution in [3.63, 3.8) is 0 Å². The van der Waals surface area contributed by atoms with Crippen LogP contribution in [0.25, 0.3) is 0 Å². The molecule has 0 heterocycles. The number of nitrogens with one attached hydrogen (secondary N) is 1. The molecule has 2 amide bonds. The number of rotatable bonds is 13. The van der Waals surface area contributed by atoms with E-state index in [-0.39, 0.29) is 29.7 Å². The molecule has 0 saturated carbocycles. The molecule has 0 saturated heterocycles. The minimum atomic E-state index is -4.18. The molecule has 1 N–H and O–H groups in total. The van der Waals surface area contributed by atoms with Crippen molar-refractivity contribution in [3.8, 4) is 0 Å². The number of benzene rings is 4. The fraction of sp³-hybridized carbons (Fsp3) is 0.257. The first-order chi connectivity index (χ1) is 21.1. The van der Waals surface area contributed by atoms with E-state index in [4.69, 9.17) is 11.6 Å². The summed E-state index contributed by atoms with van der Waals surface area (Å²) < 4.78 is 29.1. The van der Waals surface area contributed by atoms with E-state index < -0.39 is 28.5 Å². The van der Waals surface area contributed by atoms with E-state index in [0.717, 1.165) is 21.0 Å². The van der Waals surface area contributed by atoms with Gasteiger partial charge in [-0.15, -0.1) is 0 Å². The van der Waals surface area contributed by atoms with Crippen LogP contribution in [-0.2, 0) is 32.6 Å². The Hall–Kier alpha value is -4.14. The lowest BCUT2D eigenvalue weighted by molar-refractivity contribution is -0.140. The monoisotopic (exact) mass is 631 g/mol. The summed E-state index contributed by atoms with van der Waals surface area (Å²) in [4.78, 5) is 29.8. The summed E-state index contributed by atoms with van der Waals surface area (Å²) in [6.07, 6.45) is 0.262. The maximum absolute atomic E-state index is 14.5. The first kappa shape index (κ1) is 32.8. The Bertz CT molecular complexity index is 1650.